The van der Waals surface area contributed by atoms with Gasteiger partial charge in [0.2, 0.25) is 0 Å². The highest BCUT2D eigenvalue weighted by Gasteiger charge is 2.20. The number of hydrogen-bond acceptors (Lipinski definition) is 6. The normalized spacial score (nSPS) is 10.7. The Labute approximate surface area is 170 Å². The number of amides is 2. The zero-order valence-corrected chi connectivity index (χ0v) is 17.4. The van der Waals surface area contributed by atoms with Gasteiger partial charge in [-0.1, -0.05) is 15.9 Å². The first kappa shape index (κ1) is 21.5. The van der Waals surface area contributed by atoms with Crippen LogP contribution in [-0.4, -0.2) is 34.1 Å². The molecule has 0 saturated carbocycles. The number of sulfonamides is 1. The van der Waals surface area contributed by atoms with Gasteiger partial charge in [-0.25, -0.2) is 18.6 Å². The zero-order chi connectivity index (χ0) is 20.7. The summed E-state index contributed by atoms with van der Waals surface area (Å²) in [6.07, 6.45) is -0.822. The Morgan fingerprint density at radius 1 is 1.07 bits per heavy atom. The largest absolute Gasteiger partial charge is 0.492 e. The fraction of sp³-hybridized carbons (Fsp3) is 0.176. The average molecular weight is 472 g/mol. The number of hydrazine groups is 1. The first-order valence-corrected chi connectivity index (χ1v) is 10.2. The van der Waals surface area contributed by atoms with Crippen LogP contribution >= 0.6 is 15.9 Å². The Morgan fingerprint density at radius 2 is 1.75 bits per heavy atom. The summed E-state index contributed by atoms with van der Waals surface area (Å²) in [5.74, 6) is -0.367. The third-order valence-electron chi connectivity index (χ3n) is 3.36. The molecule has 0 heterocycles. The fourth-order valence-corrected chi connectivity index (χ4v) is 3.84. The molecule has 2 aromatic rings. The summed E-state index contributed by atoms with van der Waals surface area (Å²) >= 11 is 3.25. The maximum atomic E-state index is 12.7. The first-order valence-electron chi connectivity index (χ1n) is 7.96. The maximum absolute atomic E-state index is 12.7. The monoisotopic (exact) mass is 471 g/mol. The number of carbonyl (C=O) groups excluding carboxylic acids is 2. The highest BCUT2D eigenvalue weighted by molar-refractivity contribution is 9.10. The van der Waals surface area contributed by atoms with Gasteiger partial charge in [-0.05, 0) is 49.4 Å². The van der Waals surface area contributed by atoms with Gasteiger partial charge in [0.05, 0.1) is 13.7 Å². The van der Waals surface area contributed by atoms with Crippen molar-refractivity contribution in [2.75, 3.05) is 18.4 Å². The minimum atomic E-state index is -3.93. The molecule has 0 aliphatic heterocycles. The van der Waals surface area contributed by atoms with Crippen LogP contribution < -0.4 is 20.3 Å². The molecule has 150 valence electrons. The van der Waals surface area contributed by atoms with E-state index < -0.39 is 22.0 Å². The molecule has 2 rings (SSSR count). The lowest BCUT2D eigenvalue weighted by Gasteiger charge is -2.13. The van der Waals surface area contributed by atoms with E-state index in [0.29, 0.717) is 11.1 Å². The van der Waals surface area contributed by atoms with E-state index in [0.717, 1.165) is 7.11 Å². The van der Waals surface area contributed by atoms with Gasteiger partial charge in [-0.15, -0.1) is 0 Å². The van der Waals surface area contributed by atoms with E-state index in [-0.39, 0.29) is 21.9 Å². The van der Waals surface area contributed by atoms with Crippen molar-refractivity contribution in [2.24, 2.45) is 0 Å². The second kappa shape index (κ2) is 9.42. The standard InChI is InChI=1S/C17H18BrN3O6S/c1-3-27-14-9-6-12(18)10-15(14)28(24,25)21-13-7-4-11(5-8-13)16(22)19-20-17(23)26-2/h4-10,21H,3H2,1-2H3,(H,19,22)(H,20,23). The predicted molar refractivity (Wildman–Crippen MR) is 106 cm³/mol. The average Bonchev–Trinajstić information content (AvgIpc) is 2.67. The third-order valence-corrected chi connectivity index (χ3v) is 5.25. The minimum Gasteiger partial charge on any atom is -0.492 e. The summed E-state index contributed by atoms with van der Waals surface area (Å²) in [4.78, 5) is 22.8. The first-order chi connectivity index (χ1) is 13.3. The Morgan fingerprint density at radius 3 is 2.36 bits per heavy atom. The number of ether oxygens (including phenoxy) is 2. The number of hydrogen-bond donors (Lipinski definition) is 3. The molecule has 9 nitrogen and oxygen atoms in total. The zero-order valence-electron chi connectivity index (χ0n) is 15.0. The van der Waals surface area contributed by atoms with Crippen LogP contribution in [0, 0.1) is 0 Å². The van der Waals surface area contributed by atoms with Crippen molar-refractivity contribution >= 4 is 43.6 Å². The molecule has 28 heavy (non-hydrogen) atoms. The second-order valence-corrected chi connectivity index (χ2v) is 7.84. The van der Waals surface area contributed by atoms with Crippen molar-refractivity contribution in [3.05, 3.63) is 52.5 Å². The number of carbonyl (C=O) groups is 2. The lowest BCUT2D eigenvalue weighted by molar-refractivity contribution is 0.0920. The molecule has 0 atom stereocenters. The number of halogens is 1. The van der Waals surface area contributed by atoms with E-state index in [1.165, 1.54) is 30.3 Å². The van der Waals surface area contributed by atoms with Crippen molar-refractivity contribution in [1.82, 2.24) is 10.9 Å². The van der Waals surface area contributed by atoms with Gasteiger partial charge in [0.25, 0.3) is 15.9 Å². The molecule has 11 heteroatoms. The van der Waals surface area contributed by atoms with Crippen LogP contribution in [0.3, 0.4) is 0 Å². The van der Waals surface area contributed by atoms with Crippen molar-refractivity contribution in [3.8, 4) is 5.75 Å². The van der Waals surface area contributed by atoms with Gasteiger partial charge >= 0.3 is 6.09 Å². The molecule has 0 spiro atoms. The molecule has 0 unspecified atom stereocenters. The SMILES string of the molecule is CCOc1ccc(Br)cc1S(=O)(=O)Nc1ccc(C(=O)NNC(=O)OC)cc1. The van der Waals surface area contributed by atoms with Crippen molar-refractivity contribution in [1.29, 1.82) is 0 Å². The number of nitrogens with one attached hydrogen (secondary N) is 3. The summed E-state index contributed by atoms with van der Waals surface area (Å²) in [6, 6.07) is 10.3. The lowest BCUT2D eigenvalue weighted by Crippen LogP contribution is -2.41. The van der Waals surface area contributed by atoms with E-state index in [4.69, 9.17) is 4.74 Å². The minimum absolute atomic E-state index is 0.0205. The van der Waals surface area contributed by atoms with Gasteiger partial charge in [0.15, 0.2) is 0 Å². The summed E-state index contributed by atoms with van der Waals surface area (Å²) in [6.45, 7) is 2.07. The number of benzene rings is 2. The van der Waals surface area contributed by atoms with Crippen molar-refractivity contribution in [3.63, 3.8) is 0 Å². The van der Waals surface area contributed by atoms with E-state index in [9.17, 15) is 18.0 Å². The van der Waals surface area contributed by atoms with Crippen molar-refractivity contribution in [2.45, 2.75) is 11.8 Å². The van der Waals surface area contributed by atoms with Crippen LogP contribution in [0.15, 0.2) is 51.8 Å². The van der Waals surface area contributed by atoms with E-state index >= 15 is 0 Å². The van der Waals surface area contributed by atoms with Gasteiger partial charge in [-0.3, -0.25) is 14.9 Å². The van der Waals surface area contributed by atoms with Gasteiger partial charge < -0.3 is 9.47 Å². The number of methoxy groups -OCH3 is 1. The molecule has 0 saturated heterocycles. The van der Waals surface area contributed by atoms with Gasteiger partial charge in [0, 0.05) is 15.7 Å². The summed E-state index contributed by atoms with van der Waals surface area (Å²) < 4.78 is 38.2. The highest BCUT2D eigenvalue weighted by atomic mass is 79.9. The summed E-state index contributed by atoms with van der Waals surface area (Å²) in [5, 5.41) is 0. The molecule has 3 N–H and O–H groups in total. The summed E-state index contributed by atoms with van der Waals surface area (Å²) in [7, 11) is -2.77. The van der Waals surface area contributed by atoms with Crippen LogP contribution in [0.5, 0.6) is 5.75 Å². The predicted octanol–water partition coefficient (Wildman–Crippen LogP) is 2.65. The molecule has 0 aromatic heterocycles. The molecule has 0 bridgehead atoms. The molecule has 0 radical (unpaired) electrons. The number of anilines is 1. The Kier molecular flexibility index (Phi) is 7.24. The van der Waals surface area contributed by atoms with E-state index in [1.54, 1.807) is 19.1 Å². The van der Waals surface area contributed by atoms with Gasteiger partial charge in [-0.2, -0.15) is 0 Å². The molecule has 2 amide bonds. The van der Waals surface area contributed by atoms with Crippen LogP contribution in [0.2, 0.25) is 0 Å². The molecule has 0 aliphatic rings. The molecular weight excluding hydrogens is 454 g/mol. The quantitative estimate of drug-likeness (QED) is 0.556. The third kappa shape index (κ3) is 5.60. The highest BCUT2D eigenvalue weighted by Crippen LogP contribution is 2.29. The smallest absolute Gasteiger partial charge is 0.425 e. The molecule has 0 fully saturated rings. The summed E-state index contributed by atoms with van der Waals surface area (Å²) in [5.41, 5.74) is 4.64. The topological polar surface area (TPSA) is 123 Å². The Bertz CT molecular complexity index is 963. The van der Waals surface area contributed by atoms with Crippen LogP contribution in [0.4, 0.5) is 10.5 Å². The van der Waals surface area contributed by atoms with E-state index in [2.05, 4.69) is 30.8 Å². The lowest BCUT2D eigenvalue weighted by atomic mass is 10.2. The maximum Gasteiger partial charge on any atom is 0.425 e. The Balaban J connectivity index is 2.16. The van der Waals surface area contributed by atoms with Crippen LogP contribution in [0.1, 0.15) is 17.3 Å². The van der Waals surface area contributed by atoms with Crippen LogP contribution in [-0.2, 0) is 14.8 Å². The fourth-order valence-electron chi connectivity index (χ4n) is 2.10. The molecule has 2 aromatic carbocycles. The van der Waals surface area contributed by atoms with E-state index in [1.807, 2.05) is 5.43 Å². The molecular formula is C17H18BrN3O6S. The molecule has 0 aliphatic carbocycles. The number of rotatable bonds is 6. The Hall–Kier alpha value is -2.79. The van der Waals surface area contributed by atoms with Crippen molar-refractivity contribution < 1.29 is 27.5 Å². The van der Waals surface area contributed by atoms with Crippen LogP contribution in [0.25, 0.3) is 0 Å². The second-order valence-electron chi connectivity index (χ2n) is 5.28. The van der Waals surface area contributed by atoms with Gasteiger partial charge in [0.1, 0.15) is 10.6 Å².